The van der Waals surface area contributed by atoms with E-state index in [4.69, 9.17) is 4.74 Å². The second-order valence-corrected chi connectivity index (χ2v) is 6.75. The van der Waals surface area contributed by atoms with Gasteiger partial charge in [0.05, 0.1) is 13.2 Å². The Morgan fingerprint density at radius 2 is 1.91 bits per heavy atom. The van der Waals surface area contributed by atoms with Gasteiger partial charge in [-0.15, -0.1) is 0 Å². The zero-order chi connectivity index (χ0) is 16.1. The smallest absolute Gasteiger partial charge is 0.315 e. The molecule has 1 aromatic carbocycles. The molecule has 2 aliphatic rings. The predicted octanol–water partition coefficient (Wildman–Crippen LogP) is 1.42. The van der Waals surface area contributed by atoms with Crippen LogP contribution in [-0.4, -0.2) is 56.4 Å². The molecule has 1 fully saturated rings. The third kappa shape index (κ3) is 4.69. The number of hydrogen-bond donors (Lipinski definition) is 2. The Labute approximate surface area is 138 Å². The van der Waals surface area contributed by atoms with Gasteiger partial charge < -0.3 is 15.4 Å². The van der Waals surface area contributed by atoms with E-state index in [1.807, 2.05) is 0 Å². The van der Waals surface area contributed by atoms with Crippen LogP contribution in [0.3, 0.4) is 0 Å². The number of nitrogens with zero attached hydrogens (tertiary/aromatic N) is 1. The molecule has 2 N–H and O–H groups in total. The maximum absolute atomic E-state index is 12.1. The summed E-state index contributed by atoms with van der Waals surface area (Å²) in [5.74, 6) is 0.444. The number of carbonyl (C=O) groups excluding carboxylic acids is 1. The second kappa shape index (κ2) is 7.79. The molecule has 3 rings (SSSR count). The molecule has 126 valence electrons. The van der Waals surface area contributed by atoms with Gasteiger partial charge in [-0.25, -0.2) is 4.79 Å². The lowest BCUT2D eigenvalue weighted by molar-refractivity contribution is 0.0319. The monoisotopic (exact) mass is 317 g/mol. The van der Waals surface area contributed by atoms with E-state index in [1.165, 1.54) is 11.1 Å². The van der Waals surface area contributed by atoms with Gasteiger partial charge in [0.2, 0.25) is 0 Å². The summed E-state index contributed by atoms with van der Waals surface area (Å²) in [5.41, 5.74) is 2.72. The van der Waals surface area contributed by atoms with Crippen LogP contribution in [0.2, 0.25) is 0 Å². The molecule has 0 bridgehead atoms. The van der Waals surface area contributed by atoms with Gasteiger partial charge in [0.15, 0.2) is 0 Å². The number of fused-ring (bicyclic) bond motifs is 1. The van der Waals surface area contributed by atoms with Gasteiger partial charge >= 0.3 is 6.03 Å². The first-order valence-corrected chi connectivity index (χ1v) is 8.62. The first kappa shape index (κ1) is 16.3. The summed E-state index contributed by atoms with van der Waals surface area (Å²) in [4.78, 5) is 14.5. The van der Waals surface area contributed by atoms with Crippen molar-refractivity contribution in [1.29, 1.82) is 0 Å². The van der Waals surface area contributed by atoms with Crippen LogP contribution in [0.1, 0.15) is 18.1 Å². The van der Waals surface area contributed by atoms with Crippen molar-refractivity contribution in [2.45, 2.75) is 25.8 Å². The third-order valence-corrected chi connectivity index (χ3v) is 4.67. The highest BCUT2D eigenvalue weighted by molar-refractivity contribution is 5.74. The average Bonchev–Trinajstić information content (AvgIpc) is 2.96. The van der Waals surface area contributed by atoms with Crippen LogP contribution in [0.15, 0.2) is 24.3 Å². The molecule has 1 unspecified atom stereocenters. The van der Waals surface area contributed by atoms with E-state index >= 15 is 0 Å². The van der Waals surface area contributed by atoms with Gasteiger partial charge in [0.25, 0.3) is 0 Å². The quantitative estimate of drug-likeness (QED) is 0.864. The molecule has 0 aromatic heterocycles. The van der Waals surface area contributed by atoms with Gasteiger partial charge in [0.1, 0.15) is 0 Å². The van der Waals surface area contributed by atoms with Crippen molar-refractivity contribution >= 4 is 6.03 Å². The lowest BCUT2D eigenvalue weighted by Crippen LogP contribution is -2.46. The number of amides is 2. The summed E-state index contributed by atoms with van der Waals surface area (Å²) in [5, 5.41) is 6.12. The highest BCUT2D eigenvalue weighted by Crippen LogP contribution is 2.21. The maximum Gasteiger partial charge on any atom is 0.315 e. The molecule has 5 heteroatoms. The lowest BCUT2D eigenvalue weighted by Gasteiger charge is -2.29. The summed E-state index contributed by atoms with van der Waals surface area (Å²) in [6, 6.07) is 8.61. The summed E-state index contributed by atoms with van der Waals surface area (Å²) in [6.07, 6.45) is 1.87. The van der Waals surface area contributed by atoms with Crippen LogP contribution in [0.5, 0.6) is 0 Å². The zero-order valence-electron chi connectivity index (χ0n) is 13.9. The summed E-state index contributed by atoms with van der Waals surface area (Å²) >= 11 is 0. The van der Waals surface area contributed by atoms with Crippen molar-refractivity contribution in [3.63, 3.8) is 0 Å². The molecule has 23 heavy (non-hydrogen) atoms. The van der Waals surface area contributed by atoms with Crippen LogP contribution in [0.4, 0.5) is 4.79 Å². The topological polar surface area (TPSA) is 53.6 Å². The summed E-state index contributed by atoms with van der Waals surface area (Å²) in [7, 11) is 0. The number of rotatable bonds is 5. The summed E-state index contributed by atoms with van der Waals surface area (Å²) in [6.45, 7) is 7.54. The Bertz CT molecular complexity index is 504. The largest absolute Gasteiger partial charge is 0.379 e. The minimum Gasteiger partial charge on any atom is -0.379 e. The number of urea groups is 1. The van der Waals surface area contributed by atoms with Crippen molar-refractivity contribution in [2.24, 2.45) is 5.92 Å². The van der Waals surface area contributed by atoms with Crippen molar-refractivity contribution in [3.05, 3.63) is 35.4 Å². The molecule has 1 atom stereocenters. The minimum atomic E-state index is -0.0448. The van der Waals surface area contributed by atoms with E-state index in [9.17, 15) is 4.79 Å². The molecule has 1 aliphatic heterocycles. The van der Waals surface area contributed by atoms with Crippen LogP contribution < -0.4 is 10.6 Å². The highest BCUT2D eigenvalue weighted by Gasteiger charge is 2.22. The van der Waals surface area contributed by atoms with E-state index in [2.05, 4.69) is 46.7 Å². The van der Waals surface area contributed by atoms with Crippen LogP contribution in [0, 0.1) is 5.92 Å². The van der Waals surface area contributed by atoms with Gasteiger partial charge in [-0.2, -0.15) is 0 Å². The first-order chi connectivity index (χ1) is 11.2. The molecule has 5 nitrogen and oxygen atoms in total. The van der Waals surface area contributed by atoms with E-state index in [0.29, 0.717) is 12.5 Å². The van der Waals surface area contributed by atoms with Gasteiger partial charge in [-0.05, 0) is 29.9 Å². The summed E-state index contributed by atoms with van der Waals surface area (Å²) < 4.78 is 5.36. The fourth-order valence-electron chi connectivity index (χ4n) is 3.45. The van der Waals surface area contributed by atoms with E-state index in [-0.39, 0.29) is 12.1 Å². The molecule has 2 amide bonds. The van der Waals surface area contributed by atoms with E-state index in [0.717, 1.165) is 45.7 Å². The van der Waals surface area contributed by atoms with Gasteiger partial charge in [0, 0.05) is 32.2 Å². The first-order valence-electron chi connectivity index (χ1n) is 8.62. The molecule has 0 saturated carbocycles. The Hall–Kier alpha value is -1.59. The average molecular weight is 317 g/mol. The number of morpholine rings is 1. The van der Waals surface area contributed by atoms with Crippen LogP contribution in [-0.2, 0) is 17.6 Å². The standard InChI is InChI=1S/C18H27N3O2/c1-14(13-21-6-8-23-9-7-21)12-19-18(22)20-17-10-15-4-2-3-5-16(15)11-17/h2-5,14,17H,6-13H2,1H3,(H2,19,20,22). The van der Waals surface area contributed by atoms with Crippen LogP contribution >= 0.6 is 0 Å². The van der Waals surface area contributed by atoms with Crippen LogP contribution in [0.25, 0.3) is 0 Å². The Morgan fingerprint density at radius 3 is 2.57 bits per heavy atom. The lowest BCUT2D eigenvalue weighted by atomic mass is 10.1. The van der Waals surface area contributed by atoms with Gasteiger partial charge in [-0.3, -0.25) is 4.90 Å². The number of ether oxygens (including phenoxy) is 1. The van der Waals surface area contributed by atoms with Crippen molar-refractivity contribution < 1.29 is 9.53 Å². The fraction of sp³-hybridized carbons (Fsp3) is 0.611. The van der Waals surface area contributed by atoms with Crippen molar-refractivity contribution in [1.82, 2.24) is 15.5 Å². The maximum atomic E-state index is 12.1. The highest BCUT2D eigenvalue weighted by atomic mass is 16.5. The molecule has 1 aliphatic carbocycles. The molecule has 0 spiro atoms. The molecule has 0 radical (unpaired) electrons. The number of carbonyl (C=O) groups is 1. The molecule has 1 saturated heterocycles. The predicted molar refractivity (Wildman–Crippen MR) is 90.6 cm³/mol. The fourth-order valence-corrected chi connectivity index (χ4v) is 3.45. The Balaban J connectivity index is 1.35. The number of hydrogen-bond acceptors (Lipinski definition) is 3. The zero-order valence-corrected chi connectivity index (χ0v) is 13.9. The van der Waals surface area contributed by atoms with Crippen molar-refractivity contribution in [2.75, 3.05) is 39.4 Å². The number of benzene rings is 1. The van der Waals surface area contributed by atoms with Gasteiger partial charge in [-0.1, -0.05) is 31.2 Å². The van der Waals surface area contributed by atoms with E-state index < -0.39 is 0 Å². The third-order valence-electron chi connectivity index (χ3n) is 4.67. The normalized spacial score (nSPS) is 20.0. The van der Waals surface area contributed by atoms with Crippen molar-refractivity contribution in [3.8, 4) is 0 Å². The number of nitrogens with one attached hydrogen (secondary N) is 2. The molecular weight excluding hydrogens is 290 g/mol. The molecular formula is C18H27N3O2. The minimum absolute atomic E-state index is 0.0448. The molecule has 1 aromatic rings. The SMILES string of the molecule is CC(CNC(=O)NC1Cc2ccccc2C1)CN1CCOCC1. The second-order valence-electron chi connectivity index (χ2n) is 6.75. The Morgan fingerprint density at radius 1 is 1.26 bits per heavy atom. The van der Waals surface area contributed by atoms with E-state index in [1.54, 1.807) is 0 Å². The Kier molecular flexibility index (Phi) is 5.51. The molecule has 1 heterocycles.